The van der Waals surface area contributed by atoms with Gasteiger partial charge >= 0.3 is 5.97 Å². The van der Waals surface area contributed by atoms with Gasteiger partial charge in [0, 0.05) is 11.3 Å². The van der Waals surface area contributed by atoms with Crippen molar-refractivity contribution in [3.8, 4) is 0 Å². The molecule has 0 aromatic heterocycles. The van der Waals surface area contributed by atoms with Crippen molar-refractivity contribution in [1.82, 2.24) is 10.6 Å². The van der Waals surface area contributed by atoms with Crippen LogP contribution in [0.2, 0.25) is 0 Å². The van der Waals surface area contributed by atoms with Crippen LogP contribution in [-0.4, -0.2) is 41.4 Å². The third-order valence-electron chi connectivity index (χ3n) is 2.74. The summed E-state index contributed by atoms with van der Waals surface area (Å²) in [6.07, 6.45) is -0.00617. The molecule has 1 radical (unpaired) electrons. The van der Waals surface area contributed by atoms with E-state index < -0.39 is 23.8 Å². The molecule has 0 saturated heterocycles. The van der Waals surface area contributed by atoms with E-state index in [-0.39, 0.29) is 24.5 Å². The van der Waals surface area contributed by atoms with Gasteiger partial charge in [0.25, 0.3) is 5.91 Å². The molecule has 0 heterocycles. The fraction of sp³-hybridized carbons (Fsp3) is 0.214. The van der Waals surface area contributed by atoms with Crippen LogP contribution in [0.1, 0.15) is 16.8 Å². The molecule has 0 aliphatic carbocycles. The first-order valence-electron chi connectivity index (χ1n) is 6.64. The van der Waals surface area contributed by atoms with Gasteiger partial charge in [-0.15, -0.1) is 0 Å². The zero-order chi connectivity index (χ0) is 17.4. The highest BCUT2D eigenvalue weighted by Crippen LogP contribution is 2.10. The molecule has 23 heavy (non-hydrogen) atoms. The van der Waals surface area contributed by atoms with Crippen LogP contribution in [0.15, 0.2) is 24.3 Å². The van der Waals surface area contributed by atoms with E-state index in [1.807, 2.05) is 0 Å². The highest BCUT2D eigenvalue weighted by molar-refractivity contribution is 5.98. The Bertz CT molecular complexity index is 617. The second-order valence-electron chi connectivity index (χ2n) is 4.55. The number of amides is 2. The van der Waals surface area contributed by atoms with Crippen LogP contribution in [-0.2, 0) is 9.59 Å². The Hall–Kier alpha value is -3.10. The number of benzene rings is 1. The Morgan fingerprint density at radius 1 is 1.35 bits per heavy atom. The lowest BCUT2D eigenvalue weighted by molar-refractivity contribution is -0.141. The van der Waals surface area contributed by atoms with Gasteiger partial charge in [0.15, 0.2) is 5.96 Å². The lowest BCUT2D eigenvalue weighted by Gasteiger charge is -2.12. The molecule has 1 aromatic carbocycles. The van der Waals surface area contributed by atoms with Gasteiger partial charge < -0.3 is 26.8 Å². The van der Waals surface area contributed by atoms with Crippen molar-refractivity contribution in [3.63, 3.8) is 0 Å². The van der Waals surface area contributed by atoms with Gasteiger partial charge in [-0.05, 0) is 24.6 Å². The van der Waals surface area contributed by atoms with Crippen LogP contribution in [0.25, 0.3) is 0 Å². The molecule has 7 N–H and O–H groups in total. The maximum absolute atomic E-state index is 11.9. The predicted molar refractivity (Wildman–Crippen MR) is 83.9 cm³/mol. The highest BCUT2D eigenvalue weighted by Gasteiger charge is 2.18. The number of guanidine groups is 1. The van der Waals surface area contributed by atoms with E-state index in [1.165, 1.54) is 12.1 Å². The summed E-state index contributed by atoms with van der Waals surface area (Å²) in [6.45, 7) is 3.05. The smallest absolute Gasteiger partial charge is 0.326 e. The van der Waals surface area contributed by atoms with Crippen molar-refractivity contribution in [3.05, 3.63) is 36.8 Å². The van der Waals surface area contributed by atoms with Crippen molar-refractivity contribution in [1.29, 1.82) is 5.41 Å². The number of carbonyl (C=O) groups is 3. The molecule has 1 unspecified atom stereocenters. The van der Waals surface area contributed by atoms with Crippen molar-refractivity contribution in [2.75, 3.05) is 11.9 Å². The number of carboxylic acid groups (broad SMARTS) is 1. The van der Waals surface area contributed by atoms with Gasteiger partial charge in [0.05, 0.1) is 6.54 Å². The molecule has 123 valence electrons. The molecule has 1 rings (SSSR count). The zero-order valence-electron chi connectivity index (χ0n) is 12.3. The summed E-state index contributed by atoms with van der Waals surface area (Å²) in [4.78, 5) is 34.3. The monoisotopic (exact) mass is 320 g/mol. The summed E-state index contributed by atoms with van der Waals surface area (Å²) >= 11 is 0. The second kappa shape index (κ2) is 8.37. The first-order chi connectivity index (χ1) is 10.8. The van der Waals surface area contributed by atoms with Crippen LogP contribution >= 0.6 is 0 Å². The van der Waals surface area contributed by atoms with Crippen LogP contribution in [0.3, 0.4) is 0 Å². The number of anilines is 1. The lowest BCUT2D eigenvalue weighted by atomic mass is 10.2. The number of nitrogens with two attached hydrogens (primary N) is 1. The minimum atomic E-state index is -1.19. The molecular weight excluding hydrogens is 302 g/mol. The summed E-state index contributed by atoms with van der Waals surface area (Å²) in [5, 5.41) is 23.1. The van der Waals surface area contributed by atoms with Crippen LogP contribution < -0.4 is 21.7 Å². The number of carboxylic acids is 1. The van der Waals surface area contributed by atoms with Gasteiger partial charge in [-0.3, -0.25) is 15.0 Å². The highest BCUT2D eigenvalue weighted by atomic mass is 16.4. The van der Waals surface area contributed by atoms with Crippen molar-refractivity contribution in [2.24, 2.45) is 5.73 Å². The molecule has 0 aliphatic heterocycles. The fourth-order valence-electron chi connectivity index (χ4n) is 1.66. The predicted octanol–water partition coefficient (Wildman–Crippen LogP) is -0.485. The van der Waals surface area contributed by atoms with E-state index in [4.69, 9.17) is 16.2 Å². The summed E-state index contributed by atoms with van der Waals surface area (Å²) in [5.41, 5.74) is 5.91. The number of rotatable bonds is 7. The van der Waals surface area contributed by atoms with E-state index in [1.54, 1.807) is 12.1 Å². The largest absolute Gasteiger partial charge is 0.480 e. The maximum atomic E-state index is 11.9. The number of hydrogen-bond donors (Lipinski definition) is 6. The average molecular weight is 320 g/mol. The minimum absolute atomic E-state index is 0.00617. The fourth-order valence-corrected chi connectivity index (χ4v) is 1.66. The molecule has 0 fully saturated rings. The number of nitrogens with one attached hydrogen (secondary N) is 4. The third-order valence-corrected chi connectivity index (χ3v) is 2.74. The number of aliphatic carboxylic acids is 1. The second-order valence-corrected chi connectivity index (χ2v) is 4.55. The van der Waals surface area contributed by atoms with E-state index in [2.05, 4.69) is 22.9 Å². The molecule has 0 bridgehead atoms. The SMILES string of the molecule is [CH2]CC(NC(=O)CNC(=O)c1cccc(NC(=N)N)c1)C(=O)O. The van der Waals surface area contributed by atoms with Gasteiger partial charge in [0.2, 0.25) is 5.91 Å². The first kappa shape index (κ1) is 18.0. The Morgan fingerprint density at radius 2 is 2.04 bits per heavy atom. The topological polar surface area (TPSA) is 157 Å². The Balaban J connectivity index is 2.58. The lowest BCUT2D eigenvalue weighted by Crippen LogP contribution is -2.45. The van der Waals surface area contributed by atoms with Crippen molar-refractivity contribution in [2.45, 2.75) is 12.5 Å². The van der Waals surface area contributed by atoms with Crippen molar-refractivity contribution >= 4 is 29.4 Å². The number of hydrogen-bond acceptors (Lipinski definition) is 4. The van der Waals surface area contributed by atoms with Crippen LogP contribution in [0, 0.1) is 12.3 Å². The Kier molecular flexibility index (Phi) is 6.53. The van der Waals surface area contributed by atoms with Gasteiger partial charge in [-0.25, -0.2) is 4.79 Å². The van der Waals surface area contributed by atoms with E-state index in [0.29, 0.717) is 5.69 Å². The average Bonchev–Trinajstić information content (AvgIpc) is 2.49. The third kappa shape index (κ3) is 6.04. The summed E-state index contributed by atoms with van der Waals surface area (Å²) < 4.78 is 0. The minimum Gasteiger partial charge on any atom is -0.480 e. The molecule has 1 atom stereocenters. The zero-order valence-corrected chi connectivity index (χ0v) is 12.3. The van der Waals surface area contributed by atoms with Gasteiger partial charge in [-0.1, -0.05) is 13.0 Å². The Labute approximate surface area is 132 Å². The molecule has 0 aliphatic rings. The van der Waals surface area contributed by atoms with Crippen molar-refractivity contribution < 1.29 is 19.5 Å². The van der Waals surface area contributed by atoms with Crippen LogP contribution in [0.5, 0.6) is 0 Å². The summed E-state index contributed by atoms with van der Waals surface area (Å²) in [5.74, 6) is -2.61. The molecular formula is C14H18N5O4. The maximum Gasteiger partial charge on any atom is 0.326 e. The molecule has 9 nitrogen and oxygen atoms in total. The van der Waals surface area contributed by atoms with E-state index >= 15 is 0 Å². The molecule has 0 saturated carbocycles. The molecule has 9 heteroatoms. The Morgan fingerprint density at radius 3 is 2.61 bits per heavy atom. The first-order valence-corrected chi connectivity index (χ1v) is 6.64. The summed E-state index contributed by atoms with van der Waals surface area (Å²) in [7, 11) is 0. The molecule has 0 spiro atoms. The normalized spacial score (nSPS) is 11.2. The quantitative estimate of drug-likeness (QED) is 0.294. The molecule has 2 amide bonds. The number of carbonyl (C=O) groups excluding carboxylic acids is 2. The van der Waals surface area contributed by atoms with Gasteiger partial charge in [-0.2, -0.15) is 0 Å². The van der Waals surface area contributed by atoms with Crippen LogP contribution in [0.4, 0.5) is 5.69 Å². The standard InChI is InChI=1S/C14H18N5O4/c1-2-10(13(22)23)19-11(20)7-17-12(21)8-4-3-5-9(6-8)18-14(15)16/h3-6,10H,1-2,7H2,(H,17,21)(H,19,20)(H,22,23)(H4,15,16,18). The summed E-state index contributed by atoms with van der Waals surface area (Å²) in [6, 6.07) is 5.10. The molecule has 1 aromatic rings. The van der Waals surface area contributed by atoms with Gasteiger partial charge in [0.1, 0.15) is 6.04 Å². The van der Waals surface area contributed by atoms with E-state index in [9.17, 15) is 14.4 Å². The van der Waals surface area contributed by atoms with E-state index in [0.717, 1.165) is 0 Å².